The third-order valence-corrected chi connectivity index (χ3v) is 4.59. The van der Waals surface area contributed by atoms with Crippen LogP contribution in [0.3, 0.4) is 0 Å². The van der Waals surface area contributed by atoms with Crippen molar-refractivity contribution in [3.63, 3.8) is 0 Å². The van der Waals surface area contributed by atoms with Crippen molar-refractivity contribution in [2.75, 3.05) is 6.54 Å². The first-order chi connectivity index (χ1) is 9.40. The van der Waals surface area contributed by atoms with E-state index in [9.17, 15) is 0 Å². The van der Waals surface area contributed by atoms with Crippen LogP contribution in [0.25, 0.3) is 0 Å². The van der Waals surface area contributed by atoms with Gasteiger partial charge in [0.05, 0.1) is 11.7 Å². The molecule has 0 amide bonds. The maximum Gasteiger partial charge on any atom is 0.0628 e. The Balaban J connectivity index is 2.04. The number of hydrogen-bond acceptors (Lipinski definition) is 2. The van der Waals surface area contributed by atoms with Crippen LogP contribution in [-0.2, 0) is 6.42 Å². The van der Waals surface area contributed by atoms with Crippen molar-refractivity contribution >= 4 is 0 Å². The van der Waals surface area contributed by atoms with E-state index in [2.05, 4.69) is 51.5 Å². The molecule has 0 radical (unpaired) electrons. The van der Waals surface area contributed by atoms with E-state index in [0.29, 0.717) is 18.0 Å². The van der Waals surface area contributed by atoms with Gasteiger partial charge in [-0.1, -0.05) is 20.8 Å². The molecule has 1 aliphatic rings. The summed E-state index contributed by atoms with van der Waals surface area (Å²) in [5, 5.41) is 8.35. The molecule has 1 heterocycles. The van der Waals surface area contributed by atoms with Gasteiger partial charge in [0.2, 0.25) is 0 Å². The van der Waals surface area contributed by atoms with Gasteiger partial charge in [0.25, 0.3) is 0 Å². The second-order valence-electron chi connectivity index (χ2n) is 7.04. The quantitative estimate of drug-likeness (QED) is 0.824. The summed E-state index contributed by atoms with van der Waals surface area (Å²) in [6.07, 6.45) is 3.89. The summed E-state index contributed by atoms with van der Waals surface area (Å²) >= 11 is 0. The van der Waals surface area contributed by atoms with Gasteiger partial charge in [-0.3, -0.25) is 4.68 Å². The van der Waals surface area contributed by atoms with Crippen LogP contribution >= 0.6 is 0 Å². The van der Waals surface area contributed by atoms with Crippen molar-refractivity contribution in [3.05, 3.63) is 17.0 Å². The summed E-state index contributed by atoms with van der Waals surface area (Å²) in [6.45, 7) is 14.6. The Morgan fingerprint density at radius 1 is 1.20 bits per heavy atom. The van der Waals surface area contributed by atoms with E-state index in [4.69, 9.17) is 5.10 Å². The van der Waals surface area contributed by atoms with E-state index in [1.165, 1.54) is 29.8 Å². The monoisotopic (exact) mass is 277 g/mol. The van der Waals surface area contributed by atoms with Crippen LogP contribution in [0.4, 0.5) is 0 Å². The fourth-order valence-corrected chi connectivity index (χ4v) is 3.02. The Morgan fingerprint density at radius 3 is 2.40 bits per heavy atom. The van der Waals surface area contributed by atoms with Gasteiger partial charge in [-0.05, 0) is 64.0 Å². The van der Waals surface area contributed by atoms with E-state index in [1.807, 2.05) is 0 Å². The van der Waals surface area contributed by atoms with Gasteiger partial charge in [0.1, 0.15) is 0 Å². The first-order valence-electron chi connectivity index (χ1n) is 8.18. The zero-order valence-electron chi connectivity index (χ0n) is 14.0. The SMILES string of the molecule is Cc1nn(C(C)C2CC2)c(C)c1CC(C)CNC(C)C. The molecule has 1 N–H and O–H groups in total. The maximum absolute atomic E-state index is 4.82. The summed E-state index contributed by atoms with van der Waals surface area (Å²) in [7, 11) is 0. The number of rotatable bonds is 7. The van der Waals surface area contributed by atoms with E-state index in [0.717, 1.165) is 18.9 Å². The van der Waals surface area contributed by atoms with Crippen molar-refractivity contribution in [2.24, 2.45) is 11.8 Å². The number of aromatic nitrogens is 2. The van der Waals surface area contributed by atoms with Crippen molar-refractivity contribution in [2.45, 2.75) is 72.9 Å². The molecule has 0 spiro atoms. The first-order valence-corrected chi connectivity index (χ1v) is 8.18. The second kappa shape index (κ2) is 6.30. The Labute approximate surface area is 124 Å². The Morgan fingerprint density at radius 2 is 1.85 bits per heavy atom. The van der Waals surface area contributed by atoms with Crippen LogP contribution in [-0.4, -0.2) is 22.4 Å². The molecular weight excluding hydrogens is 246 g/mol. The normalized spacial score (nSPS) is 18.6. The highest BCUT2D eigenvalue weighted by molar-refractivity contribution is 5.25. The van der Waals surface area contributed by atoms with E-state index in [1.54, 1.807) is 0 Å². The van der Waals surface area contributed by atoms with Crippen LogP contribution in [0.1, 0.15) is 63.5 Å². The predicted octanol–water partition coefficient (Wildman–Crippen LogP) is 3.65. The largest absolute Gasteiger partial charge is 0.314 e. The number of nitrogens with one attached hydrogen (secondary N) is 1. The van der Waals surface area contributed by atoms with Gasteiger partial charge < -0.3 is 5.32 Å². The third-order valence-electron chi connectivity index (χ3n) is 4.59. The standard InChI is InChI=1S/C17H31N3/c1-11(2)18-10-12(3)9-17-13(4)19-20(15(17)6)14(5)16-7-8-16/h11-12,14,16,18H,7-10H2,1-6H3. The Kier molecular flexibility index (Phi) is 4.90. The van der Waals surface area contributed by atoms with Gasteiger partial charge in [-0.2, -0.15) is 5.10 Å². The molecule has 1 aromatic rings. The molecular formula is C17H31N3. The van der Waals surface area contributed by atoms with Crippen molar-refractivity contribution in [1.82, 2.24) is 15.1 Å². The second-order valence-corrected chi connectivity index (χ2v) is 7.04. The summed E-state index contributed by atoms with van der Waals surface area (Å²) in [5.41, 5.74) is 4.08. The third kappa shape index (κ3) is 3.63. The number of hydrogen-bond donors (Lipinski definition) is 1. The minimum Gasteiger partial charge on any atom is -0.314 e. The lowest BCUT2D eigenvalue weighted by Crippen LogP contribution is -2.28. The average Bonchev–Trinajstić information content (AvgIpc) is 3.18. The number of aryl methyl sites for hydroxylation is 1. The van der Waals surface area contributed by atoms with Crippen LogP contribution in [0.15, 0.2) is 0 Å². The lowest BCUT2D eigenvalue weighted by molar-refractivity contribution is 0.428. The van der Waals surface area contributed by atoms with Gasteiger partial charge in [-0.15, -0.1) is 0 Å². The van der Waals surface area contributed by atoms with Crippen LogP contribution < -0.4 is 5.32 Å². The summed E-state index contributed by atoms with van der Waals surface area (Å²) in [6, 6.07) is 1.14. The summed E-state index contributed by atoms with van der Waals surface area (Å²) in [5.74, 6) is 1.52. The number of nitrogens with zero attached hydrogens (tertiary/aromatic N) is 2. The molecule has 2 rings (SSSR count). The minimum atomic E-state index is 0.567. The topological polar surface area (TPSA) is 29.9 Å². The molecule has 3 nitrogen and oxygen atoms in total. The fourth-order valence-electron chi connectivity index (χ4n) is 3.02. The highest BCUT2D eigenvalue weighted by Gasteiger charge is 2.31. The highest BCUT2D eigenvalue weighted by Crippen LogP contribution is 2.40. The molecule has 0 bridgehead atoms. The molecule has 0 saturated heterocycles. The lowest BCUT2D eigenvalue weighted by Gasteiger charge is -2.16. The van der Waals surface area contributed by atoms with Gasteiger partial charge >= 0.3 is 0 Å². The molecule has 1 aliphatic carbocycles. The fraction of sp³-hybridized carbons (Fsp3) is 0.824. The molecule has 0 aromatic carbocycles. The molecule has 0 aliphatic heterocycles. The first kappa shape index (κ1) is 15.6. The minimum absolute atomic E-state index is 0.567. The molecule has 1 fully saturated rings. The van der Waals surface area contributed by atoms with Crippen molar-refractivity contribution in [1.29, 1.82) is 0 Å². The lowest BCUT2D eigenvalue weighted by atomic mass is 9.99. The molecule has 2 unspecified atom stereocenters. The highest BCUT2D eigenvalue weighted by atomic mass is 15.3. The maximum atomic E-state index is 4.82. The Hall–Kier alpha value is -0.830. The van der Waals surface area contributed by atoms with Gasteiger partial charge in [0.15, 0.2) is 0 Å². The molecule has 3 heteroatoms. The van der Waals surface area contributed by atoms with Gasteiger partial charge in [0, 0.05) is 11.7 Å². The Bertz CT molecular complexity index is 443. The van der Waals surface area contributed by atoms with Crippen LogP contribution in [0.2, 0.25) is 0 Å². The zero-order valence-corrected chi connectivity index (χ0v) is 14.0. The van der Waals surface area contributed by atoms with Crippen molar-refractivity contribution in [3.8, 4) is 0 Å². The summed E-state index contributed by atoms with van der Waals surface area (Å²) in [4.78, 5) is 0. The zero-order chi connectivity index (χ0) is 14.9. The predicted molar refractivity (Wildman–Crippen MR) is 85.1 cm³/mol. The molecule has 1 saturated carbocycles. The van der Waals surface area contributed by atoms with E-state index >= 15 is 0 Å². The molecule has 114 valence electrons. The molecule has 1 aromatic heterocycles. The van der Waals surface area contributed by atoms with Crippen molar-refractivity contribution < 1.29 is 0 Å². The van der Waals surface area contributed by atoms with Gasteiger partial charge in [-0.25, -0.2) is 0 Å². The van der Waals surface area contributed by atoms with Crippen LogP contribution in [0, 0.1) is 25.7 Å². The average molecular weight is 277 g/mol. The molecule has 20 heavy (non-hydrogen) atoms. The van der Waals surface area contributed by atoms with E-state index in [-0.39, 0.29) is 0 Å². The molecule has 2 atom stereocenters. The summed E-state index contributed by atoms with van der Waals surface area (Å²) < 4.78 is 2.28. The smallest absolute Gasteiger partial charge is 0.0628 e. The van der Waals surface area contributed by atoms with Crippen LogP contribution in [0.5, 0.6) is 0 Å². The van der Waals surface area contributed by atoms with E-state index < -0.39 is 0 Å².